The number of benzene rings is 2. The second kappa shape index (κ2) is 7.95. The molecule has 0 bridgehead atoms. The number of anilines is 3. The van der Waals surface area contributed by atoms with Gasteiger partial charge in [-0.3, -0.25) is 4.79 Å². The molecule has 0 atom stereocenters. The van der Waals surface area contributed by atoms with Gasteiger partial charge in [-0.25, -0.2) is 9.97 Å². The number of nitrogens with one attached hydrogen (secondary N) is 2. The van der Waals surface area contributed by atoms with Crippen LogP contribution in [0, 0.1) is 0 Å². The van der Waals surface area contributed by atoms with Crippen LogP contribution in [-0.4, -0.2) is 23.0 Å². The van der Waals surface area contributed by atoms with Crippen LogP contribution < -0.4 is 15.4 Å². The van der Waals surface area contributed by atoms with Crippen LogP contribution in [0.5, 0.6) is 5.75 Å². The third-order valence-electron chi connectivity index (χ3n) is 3.69. The van der Waals surface area contributed by atoms with Crippen LogP contribution in [0.3, 0.4) is 0 Å². The maximum atomic E-state index is 12.8. The van der Waals surface area contributed by atoms with Gasteiger partial charge in [0.1, 0.15) is 5.75 Å². The van der Waals surface area contributed by atoms with Crippen molar-refractivity contribution in [3.8, 4) is 5.75 Å². The van der Waals surface area contributed by atoms with E-state index in [1.165, 1.54) is 24.5 Å². The van der Waals surface area contributed by atoms with Crippen LogP contribution in [0.15, 0.2) is 60.9 Å². The summed E-state index contributed by atoms with van der Waals surface area (Å²) in [6.07, 6.45) is -1.94. The van der Waals surface area contributed by atoms with Crippen molar-refractivity contribution in [3.05, 3.63) is 72.1 Å². The molecule has 3 rings (SSSR count). The van der Waals surface area contributed by atoms with Crippen molar-refractivity contribution >= 4 is 23.2 Å². The Bertz CT molecular complexity index is 975. The number of aromatic nitrogens is 2. The van der Waals surface area contributed by atoms with Gasteiger partial charge in [-0.1, -0.05) is 12.1 Å². The Morgan fingerprint density at radius 1 is 1.00 bits per heavy atom. The number of carbonyl (C=O) groups excluding carboxylic acids is 1. The largest absolute Gasteiger partial charge is 0.497 e. The van der Waals surface area contributed by atoms with E-state index in [1.807, 2.05) is 0 Å². The van der Waals surface area contributed by atoms with Crippen LogP contribution in [0.4, 0.5) is 30.5 Å². The number of hydrogen-bond donors (Lipinski definition) is 2. The molecule has 0 aliphatic heterocycles. The number of rotatable bonds is 5. The molecule has 1 heterocycles. The Morgan fingerprint density at radius 3 is 2.36 bits per heavy atom. The topological polar surface area (TPSA) is 76.1 Å². The highest BCUT2D eigenvalue weighted by atomic mass is 19.4. The number of nitrogens with zero attached hydrogens (tertiary/aromatic N) is 2. The third kappa shape index (κ3) is 4.76. The molecular formula is C19H15F3N4O2. The van der Waals surface area contributed by atoms with Gasteiger partial charge < -0.3 is 15.4 Å². The lowest BCUT2D eigenvalue weighted by molar-refractivity contribution is -0.137. The zero-order valence-electron chi connectivity index (χ0n) is 14.6. The molecule has 2 N–H and O–H groups in total. The van der Waals surface area contributed by atoms with Crippen LogP contribution in [0.1, 0.15) is 15.9 Å². The summed E-state index contributed by atoms with van der Waals surface area (Å²) in [5, 5.41) is 5.36. The fourth-order valence-corrected chi connectivity index (χ4v) is 2.32. The predicted molar refractivity (Wildman–Crippen MR) is 97.7 cm³/mol. The number of hydrogen-bond acceptors (Lipinski definition) is 5. The second-order valence-corrected chi connectivity index (χ2v) is 5.68. The number of ether oxygens (including phenoxy) is 1. The fraction of sp³-hybridized carbons (Fsp3) is 0.105. The summed E-state index contributed by atoms with van der Waals surface area (Å²) >= 11 is 0. The number of methoxy groups -OCH3 is 1. The van der Waals surface area contributed by atoms with E-state index in [2.05, 4.69) is 20.6 Å². The maximum absolute atomic E-state index is 12.8. The minimum Gasteiger partial charge on any atom is -0.497 e. The molecule has 0 saturated carbocycles. The Kier molecular flexibility index (Phi) is 5.44. The van der Waals surface area contributed by atoms with E-state index in [-0.39, 0.29) is 17.2 Å². The number of alkyl halides is 3. The molecule has 3 aromatic rings. The molecule has 144 valence electrons. The highest BCUT2D eigenvalue weighted by Crippen LogP contribution is 2.30. The van der Waals surface area contributed by atoms with Gasteiger partial charge in [0.2, 0.25) is 5.95 Å². The van der Waals surface area contributed by atoms with Crippen LogP contribution in [-0.2, 0) is 6.18 Å². The van der Waals surface area contributed by atoms with Gasteiger partial charge in [-0.15, -0.1) is 0 Å². The lowest BCUT2D eigenvalue weighted by Gasteiger charge is -2.10. The average molecular weight is 388 g/mol. The zero-order chi connectivity index (χ0) is 20.1. The molecule has 6 nitrogen and oxygen atoms in total. The average Bonchev–Trinajstić information content (AvgIpc) is 2.68. The molecule has 0 unspecified atom stereocenters. The van der Waals surface area contributed by atoms with E-state index in [0.717, 1.165) is 12.1 Å². The molecule has 1 amide bonds. The third-order valence-corrected chi connectivity index (χ3v) is 3.69. The minimum atomic E-state index is -4.49. The van der Waals surface area contributed by atoms with Crippen LogP contribution in [0.2, 0.25) is 0 Å². The van der Waals surface area contributed by atoms with E-state index in [0.29, 0.717) is 11.4 Å². The SMILES string of the molecule is COc1cccc(Nc2ncc(C(=O)Nc3cccc(C(F)(F)F)c3)cn2)c1. The lowest BCUT2D eigenvalue weighted by Crippen LogP contribution is -2.14. The Morgan fingerprint density at radius 2 is 1.68 bits per heavy atom. The van der Waals surface area contributed by atoms with Crippen LogP contribution in [0.25, 0.3) is 0 Å². The molecule has 0 spiro atoms. The maximum Gasteiger partial charge on any atom is 0.416 e. The van der Waals surface area contributed by atoms with Gasteiger partial charge in [0, 0.05) is 29.8 Å². The van der Waals surface area contributed by atoms with E-state index in [9.17, 15) is 18.0 Å². The first-order valence-electron chi connectivity index (χ1n) is 8.07. The van der Waals surface area contributed by atoms with Crippen molar-refractivity contribution in [2.75, 3.05) is 17.7 Å². The monoisotopic (exact) mass is 388 g/mol. The number of halogens is 3. The van der Waals surface area contributed by atoms with Crippen molar-refractivity contribution in [1.29, 1.82) is 0 Å². The van der Waals surface area contributed by atoms with Crippen molar-refractivity contribution in [3.63, 3.8) is 0 Å². The summed E-state index contributed by atoms with van der Waals surface area (Å²) in [7, 11) is 1.55. The standard InChI is InChI=1S/C19H15F3N4O2/c1-28-16-7-3-6-15(9-16)26-18-23-10-12(11-24-18)17(27)25-14-5-2-4-13(8-14)19(20,21)22/h2-11H,1H3,(H,25,27)(H,23,24,26). The highest BCUT2D eigenvalue weighted by Gasteiger charge is 2.30. The molecule has 0 radical (unpaired) electrons. The van der Waals surface area contributed by atoms with Gasteiger partial charge in [-0.05, 0) is 30.3 Å². The van der Waals surface area contributed by atoms with Crippen LogP contribution >= 0.6 is 0 Å². The lowest BCUT2D eigenvalue weighted by atomic mass is 10.2. The molecule has 2 aromatic carbocycles. The van der Waals surface area contributed by atoms with Crippen molar-refractivity contribution < 1.29 is 22.7 Å². The Hall–Kier alpha value is -3.62. The molecule has 0 aliphatic carbocycles. The Labute approximate surface area is 158 Å². The van der Waals surface area contributed by atoms with Gasteiger partial charge in [0.05, 0.1) is 18.2 Å². The number of amides is 1. The van der Waals surface area contributed by atoms with Crippen molar-refractivity contribution in [2.45, 2.75) is 6.18 Å². The second-order valence-electron chi connectivity index (χ2n) is 5.68. The summed E-state index contributed by atoms with van der Waals surface area (Å²) < 4.78 is 43.4. The van der Waals surface area contributed by atoms with Crippen molar-refractivity contribution in [2.24, 2.45) is 0 Å². The van der Waals surface area contributed by atoms with Gasteiger partial charge in [0.25, 0.3) is 5.91 Å². The first kappa shape index (κ1) is 19.2. The molecule has 0 fully saturated rings. The van der Waals surface area contributed by atoms with E-state index in [1.54, 1.807) is 31.4 Å². The minimum absolute atomic E-state index is 0.0263. The fourth-order valence-electron chi connectivity index (χ4n) is 2.32. The molecule has 1 aromatic heterocycles. The first-order chi connectivity index (χ1) is 13.3. The number of carbonyl (C=O) groups is 1. The van der Waals surface area contributed by atoms with Gasteiger partial charge in [0.15, 0.2) is 0 Å². The highest BCUT2D eigenvalue weighted by molar-refractivity contribution is 6.03. The van der Waals surface area contributed by atoms with E-state index in [4.69, 9.17) is 4.74 Å². The Balaban J connectivity index is 1.68. The molecule has 0 aliphatic rings. The normalized spacial score (nSPS) is 11.0. The van der Waals surface area contributed by atoms with E-state index >= 15 is 0 Å². The molecule has 28 heavy (non-hydrogen) atoms. The van der Waals surface area contributed by atoms with Gasteiger partial charge in [-0.2, -0.15) is 13.2 Å². The summed E-state index contributed by atoms with van der Waals surface area (Å²) in [4.78, 5) is 20.3. The zero-order valence-corrected chi connectivity index (χ0v) is 14.6. The van der Waals surface area contributed by atoms with E-state index < -0.39 is 17.6 Å². The summed E-state index contributed by atoms with van der Waals surface area (Å²) in [5.74, 6) is 0.290. The summed E-state index contributed by atoms with van der Waals surface area (Å²) in [6.45, 7) is 0. The smallest absolute Gasteiger partial charge is 0.416 e. The summed E-state index contributed by atoms with van der Waals surface area (Å²) in [6, 6.07) is 11.5. The predicted octanol–water partition coefficient (Wildman–Crippen LogP) is 4.50. The quantitative estimate of drug-likeness (QED) is 0.673. The van der Waals surface area contributed by atoms with Crippen molar-refractivity contribution in [1.82, 2.24) is 9.97 Å². The van der Waals surface area contributed by atoms with Gasteiger partial charge >= 0.3 is 6.18 Å². The first-order valence-corrected chi connectivity index (χ1v) is 8.07. The molecule has 9 heteroatoms. The molecular weight excluding hydrogens is 373 g/mol. The molecule has 0 saturated heterocycles. The summed E-state index contributed by atoms with van der Waals surface area (Å²) in [5.41, 5.74) is -0.0214.